The van der Waals surface area contributed by atoms with Gasteiger partial charge in [-0.25, -0.2) is 0 Å². The zero-order chi connectivity index (χ0) is 17.7. The Labute approximate surface area is 146 Å². The third-order valence-electron chi connectivity index (χ3n) is 5.51. The monoisotopic (exact) mass is 328 g/mol. The Bertz CT molecular complexity index is 675. The number of aromatic hydroxyl groups is 2. The summed E-state index contributed by atoms with van der Waals surface area (Å²) >= 11 is 0. The molecule has 0 heterocycles. The van der Waals surface area contributed by atoms with Gasteiger partial charge in [0.05, 0.1) is 0 Å². The predicted molar refractivity (Wildman–Crippen MR) is 103 cm³/mol. The van der Waals surface area contributed by atoms with Gasteiger partial charge < -0.3 is 10.2 Å². The van der Waals surface area contributed by atoms with Gasteiger partial charge in [0.2, 0.25) is 0 Å². The maximum Gasteiger partial charge on any atom is 0.127 e. The van der Waals surface area contributed by atoms with Crippen molar-refractivity contribution in [3.05, 3.63) is 35.4 Å². The lowest BCUT2D eigenvalue weighted by Crippen LogP contribution is -2.01. The third-order valence-corrected chi connectivity index (χ3v) is 5.51. The van der Waals surface area contributed by atoms with E-state index in [0.717, 1.165) is 40.7 Å². The molecule has 0 aliphatic carbocycles. The van der Waals surface area contributed by atoms with Crippen molar-refractivity contribution in [2.24, 2.45) is 11.8 Å². The van der Waals surface area contributed by atoms with Gasteiger partial charge in [-0.05, 0) is 37.2 Å². The predicted octanol–water partition coefficient (Wildman–Crippen LogP) is 6.34. The van der Waals surface area contributed by atoms with E-state index >= 15 is 0 Å². The standard InChI is InChI=1S/C22H32O2/c1-5-15(2)9-8-10-16(3)13-14-18-17(4)21(23)19-11-6-7-12-20(19)22(18)24/h6-7,11-12,15-16,23-24H,5,8-10,13-14H2,1-4H3/t15-,16-/m1/s1. The molecule has 2 aromatic carbocycles. The van der Waals surface area contributed by atoms with Gasteiger partial charge in [0.15, 0.2) is 0 Å². The van der Waals surface area contributed by atoms with Crippen LogP contribution in [0.3, 0.4) is 0 Å². The second-order valence-corrected chi connectivity index (χ2v) is 7.43. The van der Waals surface area contributed by atoms with Crippen LogP contribution in [0.4, 0.5) is 0 Å². The average molecular weight is 328 g/mol. The number of hydrogen-bond donors (Lipinski definition) is 2. The first-order valence-electron chi connectivity index (χ1n) is 9.37. The van der Waals surface area contributed by atoms with E-state index in [1.54, 1.807) is 0 Å². The van der Waals surface area contributed by atoms with Crippen LogP contribution < -0.4 is 0 Å². The Morgan fingerprint density at radius 3 is 2.08 bits per heavy atom. The molecule has 0 amide bonds. The highest BCUT2D eigenvalue weighted by molar-refractivity contribution is 5.95. The van der Waals surface area contributed by atoms with E-state index in [0.29, 0.717) is 17.4 Å². The fourth-order valence-electron chi connectivity index (χ4n) is 3.44. The fourth-order valence-corrected chi connectivity index (χ4v) is 3.44. The summed E-state index contributed by atoms with van der Waals surface area (Å²) in [7, 11) is 0. The molecule has 132 valence electrons. The highest BCUT2D eigenvalue weighted by Gasteiger charge is 2.16. The van der Waals surface area contributed by atoms with E-state index in [-0.39, 0.29) is 0 Å². The van der Waals surface area contributed by atoms with E-state index in [1.807, 2.05) is 31.2 Å². The fraction of sp³-hybridized carbons (Fsp3) is 0.545. The normalized spacial score (nSPS) is 14.0. The Kier molecular flexibility index (Phi) is 6.53. The number of phenolic OH excluding ortho intramolecular Hbond substituents is 2. The minimum atomic E-state index is 0.308. The Hall–Kier alpha value is -1.70. The van der Waals surface area contributed by atoms with Gasteiger partial charge in [0.25, 0.3) is 0 Å². The van der Waals surface area contributed by atoms with Crippen molar-refractivity contribution in [3.8, 4) is 11.5 Å². The molecule has 0 saturated carbocycles. The quantitative estimate of drug-likeness (QED) is 0.555. The first-order chi connectivity index (χ1) is 11.5. The maximum atomic E-state index is 10.6. The minimum absolute atomic E-state index is 0.308. The van der Waals surface area contributed by atoms with Crippen LogP contribution in [0.5, 0.6) is 11.5 Å². The highest BCUT2D eigenvalue weighted by Crippen LogP contribution is 2.40. The van der Waals surface area contributed by atoms with Gasteiger partial charge in [0, 0.05) is 16.3 Å². The number of benzene rings is 2. The second-order valence-electron chi connectivity index (χ2n) is 7.43. The van der Waals surface area contributed by atoms with Crippen LogP contribution in [0.25, 0.3) is 10.8 Å². The number of phenols is 2. The van der Waals surface area contributed by atoms with Crippen LogP contribution in [-0.2, 0) is 6.42 Å². The molecule has 2 atom stereocenters. The molecule has 0 saturated heterocycles. The van der Waals surface area contributed by atoms with Crippen LogP contribution in [0.1, 0.15) is 64.0 Å². The summed E-state index contributed by atoms with van der Waals surface area (Å²) in [6.45, 7) is 8.78. The van der Waals surface area contributed by atoms with Crippen molar-refractivity contribution in [2.75, 3.05) is 0 Å². The first kappa shape index (κ1) is 18.6. The van der Waals surface area contributed by atoms with Gasteiger partial charge in [0.1, 0.15) is 11.5 Å². The van der Waals surface area contributed by atoms with Gasteiger partial charge in [-0.15, -0.1) is 0 Å². The molecular formula is C22H32O2. The van der Waals surface area contributed by atoms with Crippen molar-refractivity contribution in [2.45, 2.75) is 66.2 Å². The summed E-state index contributed by atoms with van der Waals surface area (Å²) < 4.78 is 0. The number of fused-ring (bicyclic) bond motifs is 1. The molecule has 0 radical (unpaired) electrons. The molecule has 0 spiro atoms. The van der Waals surface area contributed by atoms with E-state index in [9.17, 15) is 10.2 Å². The Morgan fingerprint density at radius 1 is 0.875 bits per heavy atom. The molecule has 0 fully saturated rings. The lowest BCUT2D eigenvalue weighted by Gasteiger charge is -2.17. The van der Waals surface area contributed by atoms with E-state index in [1.165, 1.54) is 25.7 Å². The molecule has 2 rings (SSSR count). The molecule has 2 heteroatoms. The lowest BCUT2D eigenvalue weighted by atomic mass is 9.90. The van der Waals surface area contributed by atoms with Gasteiger partial charge >= 0.3 is 0 Å². The molecule has 0 aliphatic rings. The highest BCUT2D eigenvalue weighted by atomic mass is 16.3. The van der Waals surface area contributed by atoms with Crippen LogP contribution in [-0.4, -0.2) is 10.2 Å². The van der Waals surface area contributed by atoms with Crippen molar-refractivity contribution in [1.82, 2.24) is 0 Å². The Balaban J connectivity index is 2.05. The summed E-state index contributed by atoms with van der Waals surface area (Å²) in [6, 6.07) is 7.53. The lowest BCUT2D eigenvalue weighted by molar-refractivity contribution is 0.414. The van der Waals surface area contributed by atoms with E-state index in [4.69, 9.17) is 0 Å². The van der Waals surface area contributed by atoms with Crippen molar-refractivity contribution >= 4 is 10.8 Å². The van der Waals surface area contributed by atoms with Gasteiger partial charge in [-0.1, -0.05) is 70.7 Å². The van der Waals surface area contributed by atoms with Crippen molar-refractivity contribution < 1.29 is 10.2 Å². The summed E-state index contributed by atoms with van der Waals surface area (Å²) in [5.41, 5.74) is 1.72. The topological polar surface area (TPSA) is 40.5 Å². The molecule has 2 aromatic rings. The average Bonchev–Trinajstić information content (AvgIpc) is 2.59. The third kappa shape index (κ3) is 4.23. The van der Waals surface area contributed by atoms with Crippen LogP contribution in [0.2, 0.25) is 0 Å². The van der Waals surface area contributed by atoms with Gasteiger partial charge in [-0.3, -0.25) is 0 Å². The second kappa shape index (κ2) is 8.41. The number of rotatable bonds is 8. The largest absolute Gasteiger partial charge is 0.507 e. The molecular weight excluding hydrogens is 296 g/mol. The minimum Gasteiger partial charge on any atom is -0.507 e. The summed E-state index contributed by atoms with van der Waals surface area (Å²) in [5, 5.41) is 22.6. The van der Waals surface area contributed by atoms with E-state index < -0.39 is 0 Å². The van der Waals surface area contributed by atoms with Crippen LogP contribution in [0, 0.1) is 18.8 Å². The summed E-state index contributed by atoms with van der Waals surface area (Å²) in [5.74, 6) is 2.11. The molecule has 0 bridgehead atoms. The van der Waals surface area contributed by atoms with Crippen molar-refractivity contribution in [1.29, 1.82) is 0 Å². The SMILES string of the molecule is CC[C@@H](C)CCC[C@@H](C)CCc1c(C)c(O)c2ccccc2c1O. The zero-order valence-electron chi connectivity index (χ0n) is 15.6. The number of hydrogen-bond acceptors (Lipinski definition) is 2. The first-order valence-corrected chi connectivity index (χ1v) is 9.37. The maximum absolute atomic E-state index is 10.6. The van der Waals surface area contributed by atoms with Crippen LogP contribution >= 0.6 is 0 Å². The van der Waals surface area contributed by atoms with Crippen LogP contribution in [0.15, 0.2) is 24.3 Å². The van der Waals surface area contributed by atoms with Gasteiger partial charge in [-0.2, -0.15) is 0 Å². The van der Waals surface area contributed by atoms with Crippen molar-refractivity contribution in [3.63, 3.8) is 0 Å². The zero-order valence-corrected chi connectivity index (χ0v) is 15.6. The molecule has 2 nitrogen and oxygen atoms in total. The molecule has 2 N–H and O–H groups in total. The van der Waals surface area contributed by atoms with E-state index in [2.05, 4.69) is 20.8 Å². The molecule has 24 heavy (non-hydrogen) atoms. The summed E-state index contributed by atoms with van der Waals surface area (Å²) in [6.07, 6.45) is 6.96. The molecule has 0 unspecified atom stereocenters. The molecule has 0 aromatic heterocycles. The smallest absolute Gasteiger partial charge is 0.127 e. The molecule has 0 aliphatic heterocycles. The summed E-state index contributed by atoms with van der Waals surface area (Å²) in [4.78, 5) is 0. The Morgan fingerprint density at radius 2 is 1.46 bits per heavy atom.